The second kappa shape index (κ2) is 8.87. The molecule has 2 aliphatic heterocycles. The van der Waals surface area contributed by atoms with Crippen molar-refractivity contribution in [3.63, 3.8) is 0 Å². The summed E-state index contributed by atoms with van der Waals surface area (Å²) in [4.78, 5) is 62.9. The van der Waals surface area contributed by atoms with Crippen LogP contribution in [0, 0.1) is 0 Å². The Morgan fingerprint density at radius 2 is 1.71 bits per heavy atom. The third-order valence-electron chi connectivity index (χ3n) is 7.56. The smallest absolute Gasteiger partial charge is 0.255 e. The summed E-state index contributed by atoms with van der Waals surface area (Å²) < 4.78 is 0. The number of imide groups is 1. The fraction of sp³-hybridized carbons (Fsp3) is 0.393. The van der Waals surface area contributed by atoms with Crippen LogP contribution in [0.2, 0.25) is 0 Å². The molecule has 180 valence electrons. The number of amides is 3. The minimum Gasteiger partial charge on any atom is -0.322 e. The predicted octanol–water partition coefficient (Wildman–Crippen LogP) is 2.81. The van der Waals surface area contributed by atoms with Crippen LogP contribution in [0.4, 0.5) is 0 Å². The molecule has 0 bridgehead atoms. The van der Waals surface area contributed by atoms with Gasteiger partial charge < -0.3 is 4.90 Å². The van der Waals surface area contributed by atoms with Crippen LogP contribution in [0.5, 0.6) is 0 Å². The highest BCUT2D eigenvalue weighted by Gasteiger charge is 2.39. The molecule has 1 atom stereocenters. The predicted molar refractivity (Wildman–Crippen MR) is 128 cm³/mol. The number of fused-ring (bicyclic) bond motifs is 1. The molecule has 2 fully saturated rings. The molecule has 2 aromatic carbocycles. The van der Waals surface area contributed by atoms with E-state index in [1.165, 1.54) is 23.3 Å². The summed E-state index contributed by atoms with van der Waals surface area (Å²) in [6, 6.07) is 12.7. The Kier molecular flexibility index (Phi) is 5.87. The Morgan fingerprint density at radius 1 is 1.00 bits per heavy atom. The highest BCUT2D eigenvalue weighted by molar-refractivity contribution is 6.37. The van der Waals surface area contributed by atoms with Gasteiger partial charge in [-0.1, -0.05) is 43.3 Å². The number of hydrogen-bond acceptors (Lipinski definition) is 5. The molecule has 2 heterocycles. The van der Waals surface area contributed by atoms with E-state index in [2.05, 4.69) is 24.4 Å². The van der Waals surface area contributed by atoms with Crippen LogP contribution in [0.25, 0.3) is 0 Å². The maximum atomic E-state index is 12.8. The van der Waals surface area contributed by atoms with Gasteiger partial charge in [0.2, 0.25) is 17.6 Å². The van der Waals surface area contributed by atoms with E-state index in [0.717, 1.165) is 16.7 Å². The molecule has 0 spiro atoms. The molecule has 0 aromatic heterocycles. The van der Waals surface area contributed by atoms with Crippen molar-refractivity contribution in [3.8, 4) is 0 Å². The number of piperidine rings is 1. The van der Waals surface area contributed by atoms with Gasteiger partial charge in [-0.05, 0) is 59.4 Å². The molecular weight excluding hydrogens is 444 g/mol. The Hall–Kier alpha value is -3.61. The van der Waals surface area contributed by atoms with Crippen molar-refractivity contribution in [2.75, 3.05) is 0 Å². The second-order valence-corrected chi connectivity index (χ2v) is 10.2. The molecular formula is C28H28N2O5. The number of carbonyl (C=O) groups is 5. The summed E-state index contributed by atoms with van der Waals surface area (Å²) in [7, 11) is 0. The Morgan fingerprint density at radius 3 is 2.40 bits per heavy atom. The van der Waals surface area contributed by atoms with Crippen LogP contribution in [0.15, 0.2) is 42.5 Å². The zero-order valence-corrected chi connectivity index (χ0v) is 19.8. The van der Waals surface area contributed by atoms with Gasteiger partial charge >= 0.3 is 0 Å². The largest absolute Gasteiger partial charge is 0.322 e. The average Bonchev–Trinajstić information content (AvgIpc) is 3.51. The zero-order chi connectivity index (χ0) is 24.7. The summed E-state index contributed by atoms with van der Waals surface area (Å²) in [5, 5.41) is 2.30. The molecule has 3 amide bonds. The number of hydrogen-bond donors (Lipinski definition) is 1. The van der Waals surface area contributed by atoms with Gasteiger partial charge in [0, 0.05) is 31.4 Å². The van der Waals surface area contributed by atoms with Crippen molar-refractivity contribution in [3.05, 3.63) is 70.3 Å². The number of rotatable bonds is 8. The van der Waals surface area contributed by atoms with E-state index in [9.17, 15) is 24.0 Å². The average molecular weight is 473 g/mol. The number of nitrogens with zero attached hydrogens (tertiary/aromatic N) is 1. The third kappa shape index (κ3) is 4.67. The first-order valence-electron chi connectivity index (χ1n) is 12.2. The van der Waals surface area contributed by atoms with E-state index in [1.54, 1.807) is 12.1 Å². The molecule has 0 radical (unpaired) electrons. The van der Waals surface area contributed by atoms with E-state index in [1.807, 2.05) is 18.2 Å². The van der Waals surface area contributed by atoms with Gasteiger partial charge in [0.05, 0.1) is 0 Å². The second-order valence-electron chi connectivity index (χ2n) is 10.2. The lowest BCUT2D eigenvalue weighted by Crippen LogP contribution is -2.52. The fourth-order valence-corrected chi connectivity index (χ4v) is 4.97. The Labute approximate surface area is 203 Å². The number of aryl methyl sites for hydroxylation is 1. The number of carbonyl (C=O) groups excluding carboxylic acids is 5. The van der Waals surface area contributed by atoms with E-state index in [-0.39, 0.29) is 43.0 Å². The van der Waals surface area contributed by atoms with Crippen LogP contribution in [-0.4, -0.2) is 40.2 Å². The first kappa shape index (κ1) is 23.1. The van der Waals surface area contributed by atoms with Gasteiger partial charge in [-0.2, -0.15) is 0 Å². The molecule has 1 unspecified atom stereocenters. The minimum atomic E-state index is -0.656. The summed E-state index contributed by atoms with van der Waals surface area (Å²) in [6.07, 6.45) is 3.53. The summed E-state index contributed by atoms with van der Waals surface area (Å²) in [5.74, 6) is -1.78. The molecule has 1 saturated carbocycles. The normalized spacial score (nSPS) is 20.4. The van der Waals surface area contributed by atoms with Crippen molar-refractivity contribution < 1.29 is 24.0 Å². The van der Waals surface area contributed by atoms with Gasteiger partial charge in [-0.3, -0.25) is 29.3 Å². The van der Waals surface area contributed by atoms with Gasteiger partial charge in [0.25, 0.3) is 5.91 Å². The van der Waals surface area contributed by atoms with Crippen LogP contribution in [-0.2, 0) is 44.0 Å². The molecule has 1 aliphatic carbocycles. The number of Topliss-reactive ketones (excluding diaryl/α,β-unsaturated/α-hetero) is 2. The molecule has 35 heavy (non-hydrogen) atoms. The van der Waals surface area contributed by atoms with E-state index >= 15 is 0 Å². The van der Waals surface area contributed by atoms with Crippen molar-refractivity contribution in [2.45, 2.75) is 69.9 Å². The SMILES string of the molecule is CC1(c2ccc(CC(=O)C(=O)CCc3ccc4c(c3)CN(C3CCC(=O)NC3=O)C4=O)cc2)CC1. The molecule has 5 rings (SSSR count). The quantitative estimate of drug-likeness (QED) is 0.470. The summed E-state index contributed by atoms with van der Waals surface area (Å²) in [5.41, 5.74) is 4.60. The monoisotopic (exact) mass is 472 g/mol. The Bertz CT molecular complexity index is 1240. The molecule has 2 aromatic rings. The number of ketones is 2. The van der Waals surface area contributed by atoms with Crippen molar-refractivity contribution >= 4 is 29.3 Å². The highest BCUT2D eigenvalue weighted by atomic mass is 16.2. The van der Waals surface area contributed by atoms with Crippen molar-refractivity contribution in [1.29, 1.82) is 0 Å². The third-order valence-corrected chi connectivity index (χ3v) is 7.56. The zero-order valence-electron chi connectivity index (χ0n) is 19.8. The van der Waals surface area contributed by atoms with Crippen molar-refractivity contribution in [1.82, 2.24) is 10.2 Å². The van der Waals surface area contributed by atoms with E-state index < -0.39 is 23.5 Å². The fourth-order valence-electron chi connectivity index (χ4n) is 4.97. The van der Waals surface area contributed by atoms with Crippen LogP contribution in [0.1, 0.15) is 71.6 Å². The number of nitrogens with one attached hydrogen (secondary N) is 1. The lowest BCUT2D eigenvalue weighted by Gasteiger charge is -2.29. The van der Waals surface area contributed by atoms with E-state index in [0.29, 0.717) is 18.4 Å². The molecule has 3 aliphatic rings. The van der Waals surface area contributed by atoms with Gasteiger partial charge in [0.15, 0.2) is 5.78 Å². The molecule has 1 N–H and O–H groups in total. The van der Waals surface area contributed by atoms with E-state index in [4.69, 9.17) is 0 Å². The lowest BCUT2D eigenvalue weighted by molar-refractivity contribution is -0.136. The van der Waals surface area contributed by atoms with Gasteiger partial charge in [-0.25, -0.2) is 0 Å². The highest BCUT2D eigenvalue weighted by Crippen LogP contribution is 2.47. The maximum absolute atomic E-state index is 12.8. The van der Waals surface area contributed by atoms with Crippen LogP contribution >= 0.6 is 0 Å². The van der Waals surface area contributed by atoms with Crippen molar-refractivity contribution in [2.24, 2.45) is 0 Å². The molecule has 7 heteroatoms. The lowest BCUT2D eigenvalue weighted by atomic mass is 9.95. The maximum Gasteiger partial charge on any atom is 0.255 e. The molecule has 7 nitrogen and oxygen atoms in total. The number of benzene rings is 2. The summed E-state index contributed by atoms with van der Waals surface area (Å²) >= 11 is 0. The first-order valence-corrected chi connectivity index (χ1v) is 12.2. The van der Waals surface area contributed by atoms with Gasteiger partial charge in [0.1, 0.15) is 6.04 Å². The first-order chi connectivity index (χ1) is 16.7. The standard InChI is InChI=1S/C28H28N2O5/c1-28(12-13-28)20-6-2-18(3-7-20)15-24(32)23(31)10-5-17-4-8-21-19(14-17)16-30(27(21)35)22-9-11-25(33)29-26(22)34/h2-4,6-8,14,22H,5,9-13,15-16H2,1H3,(H,29,33,34). The van der Waals surface area contributed by atoms with Gasteiger partial charge in [-0.15, -0.1) is 0 Å². The Balaban J connectivity index is 1.16. The molecule has 1 saturated heterocycles. The van der Waals surface area contributed by atoms with Crippen LogP contribution < -0.4 is 5.32 Å². The summed E-state index contributed by atoms with van der Waals surface area (Å²) in [6.45, 7) is 2.52. The minimum absolute atomic E-state index is 0.107. The topological polar surface area (TPSA) is 101 Å². The van der Waals surface area contributed by atoms with Crippen LogP contribution in [0.3, 0.4) is 0 Å².